The molecule has 1 N–H and O–H groups in total. The number of nitrogens with one attached hydrogen (secondary N) is 1. The van der Waals surface area contributed by atoms with E-state index in [-0.39, 0.29) is 15.7 Å². The van der Waals surface area contributed by atoms with Crippen molar-refractivity contribution in [2.24, 2.45) is 0 Å². The number of anilines is 1. The minimum absolute atomic E-state index is 0.138. The van der Waals surface area contributed by atoms with Gasteiger partial charge in [-0.2, -0.15) is 0 Å². The zero-order valence-electron chi connectivity index (χ0n) is 17.2. The summed E-state index contributed by atoms with van der Waals surface area (Å²) in [5.74, 6) is -1.49. The van der Waals surface area contributed by atoms with Crippen molar-refractivity contribution in [2.45, 2.75) is 52.7 Å². The largest absolute Gasteiger partial charge is 0.456 e. The number of amides is 1. The summed E-state index contributed by atoms with van der Waals surface area (Å²) < 4.78 is 11.5. The topological polar surface area (TPSA) is 81.7 Å². The van der Waals surface area contributed by atoms with Gasteiger partial charge in [-0.3, -0.25) is 4.79 Å². The van der Waals surface area contributed by atoms with E-state index in [1.807, 2.05) is 24.3 Å². The van der Waals surface area contributed by atoms with Gasteiger partial charge in [-0.1, -0.05) is 41.7 Å². The lowest BCUT2D eigenvalue weighted by Crippen LogP contribution is -2.27. The van der Waals surface area contributed by atoms with Crippen molar-refractivity contribution in [1.82, 2.24) is 0 Å². The molecular weight excluding hydrogens is 410 g/mol. The van der Waals surface area contributed by atoms with E-state index in [4.69, 9.17) is 9.47 Å². The van der Waals surface area contributed by atoms with Crippen LogP contribution in [0.3, 0.4) is 0 Å². The standard InChI is InChI=1S/C21H23NO5S2/c1-20(2,3)26-17(24)14-15(18(25)27-21(4,5)6)29-19(28-14)13-11-9-7-8-10-12(11)22-16(13)23/h7-10H,1-6H3,(H,22,23). The molecule has 0 aromatic heterocycles. The Kier molecular flexibility index (Phi) is 5.62. The van der Waals surface area contributed by atoms with Gasteiger partial charge in [-0.05, 0) is 47.6 Å². The van der Waals surface area contributed by atoms with Gasteiger partial charge >= 0.3 is 11.9 Å². The Hall–Kier alpha value is -2.19. The van der Waals surface area contributed by atoms with Crippen molar-refractivity contribution in [3.8, 4) is 0 Å². The van der Waals surface area contributed by atoms with E-state index in [0.717, 1.165) is 29.1 Å². The fraction of sp³-hybridized carbons (Fsp3) is 0.381. The van der Waals surface area contributed by atoms with Crippen molar-refractivity contribution < 1.29 is 23.9 Å². The average molecular weight is 434 g/mol. The molecule has 0 spiro atoms. The predicted molar refractivity (Wildman–Crippen MR) is 116 cm³/mol. The number of para-hydroxylation sites is 1. The number of fused-ring (bicyclic) bond motifs is 1. The third-order valence-electron chi connectivity index (χ3n) is 3.64. The third-order valence-corrected chi connectivity index (χ3v) is 6.20. The zero-order valence-corrected chi connectivity index (χ0v) is 18.8. The van der Waals surface area contributed by atoms with Gasteiger partial charge in [-0.25, -0.2) is 9.59 Å². The SMILES string of the molecule is CC(C)(C)OC(=O)C1=C(C(=O)OC(C)(C)C)SC(=C2C(=O)Nc3ccccc32)S1. The smallest absolute Gasteiger partial charge is 0.346 e. The lowest BCUT2D eigenvalue weighted by atomic mass is 10.1. The van der Waals surface area contributed by atoms with Crippen molar-refractivity contribution in [2.75, 3.05) is 5.32 Å². The van der Waals surface area contributed by atoms with Gasteiger partial charge in [0.15, 0.2) is 0 Å². The van der Waals surface area contributed by atoms with Crippen LogP contribution in [0.4, 0.5) is 5.69 Å². The van der Waals surface area contributed by atoms with Gasteiger partial charge < -0.3 is 14.8 Å². The number of hydrogen-bond acceptors (Lipinski definition) is 7. The number of thioether (sulfide) groups is 2. The van der Waals surface area contributed by atoms with E-state index in [1.165, 1.54) is 0 Å². The molecule has 2 heterocycles. The first-order valence-electron chi connectivity index (χ1n) is 9.07. The quantitative estimate of drug-likeness (QED) is 0.535. The van der Waals surface area contributed by atoms with Crippen LogP contribution in [0.2, 0.25) is 0 Å². The van der Waals surface area contributed by atoms with Crippen LogP contribution in [0.15, 0.2) is 38.3 Å². The molecule has 0 atom stereocenters. The highest BCUT2D eigenvalue weighted by atomic mass is 32.2. The average Bonchev–Trinajstić information content (AvgIpc) is 3.11. The van der Waals surface area contributed by atoms with E-state index < -0.39 is 23.1 Å². The van der Waals surface area contributed by atoms with Crippen molar-refractivity contribution >= 4 is 52.6 Å². The summed E-state index contributed by atoms with van der Waals surface area (Å²) in [6.45, 7) is 10.5. The first-order valence-corrected chi connectivity index (χ1v) is 10.7. The van der Waals surface area contributed by atoms with Gasteiger partial charge in [0.25, 0.3) is 5.91 Å². The van der Waals surface area contributed by atoms with Crippen LogP contribution in [-0.4, -0.2) is 29.0 Å². The fourth-order valence-corrected chi connectivity index (χ4v) is 5.14. The van der Waals surface area contributed by atoms with Crippen LogP contribution in [0.1, 0.15) is 47.1 Å². The van der Waals surface area contributed by atoms with Crippen LogP contribution in [0.25, 0.3) is 5.57 Å². The number of hydrogen-bond donors (Lipinski definition) is 1. The van der Waals surface area contributed by atoms with Crippen LogP contribution in [-0.2, 0) is 23.9 Å². The Morgan fingerprint density at radius 3 is 1.83 bits per heavy atom. The second kappa shape index (κ2) is 7.57. The summed E-state index contributed by atoms with van der Waals surface area (Å²) in [5, 5.41) is 2.81. The second-order valence-electron chi connectivity index (χ2n) is 8.53. The van der Waals surface area contributed by atoms with Crippen LogP contribution in [0, 0.1) is 0 Å². The van der Waals surface area contributed by atoms with E-state index in [2.05, 4.69) is 5.32 Å². The molecule has 0 bridgehead atoms. The van der Waals surface area contributed by atoms with Crippen molar-refractivity contribution in [1.29, 1.82) is 0 Å². The molecule has 1 amide bonds. The highest BCUT2D eigenvalue weighted by Crippen LogP contribution is 2.54. The summed E-state index contributed by atoms with van der Waals surface area (Å²) in [6, 6.07) is 7.30. The number of carbonyl (C=O) groups is 3. The Balaban J connectivity index is 2.02. The van der Waals surface area contributed by atoms with Gasteiger partial charge in [0.05, 0.1) is 9.81 Å². The lowest BCUT2D eigenvalue weighted by Gasteiger charge is -2.21. The normalized spacial score (nSPS) is 16.7. The molecule has 0 saturated heterocycles. The van der Waals surface area contributed by atoms with Crippen LogP contribution < -0.4 is 5.32 Å². The maximum atomic E-state index is 12.8. The van der Waals surface area contributed by atoms with Crippen molar-refractivity contribution in [3.63, 3.8) is 0 Å². The second-order valence-corrected chi connectivity index (χ2v) is 10.8. The van der Waals surface area contributed by atoms with Crippen LogP contribution >= 0.6 is 23.5 Å². The maximum absolute atomic E-state index is 12.8. The summed E-state index contributed by atoms with van der Waals surface area (Å²) in [6.07, 6.45) is 0. The minimum Gasteiger partial charge on any atom is -0.456 e. The molecule has 3 rings (SSSR count). The maximum Gasteiger partial charge on any atom is 0.346 e. The highest BCUT2D eigenvalue weighted by Gasteiger charge is 2.39. The number of ether oxygens (including phenoxy) is 2. The molecule has 2 aliphatic rings. The predicted octanol–water partition coefficient (Wildman–Crippen LogP) is 4.68. The monoisotopic (exact) mass is 433 g/mol. The van der Waals surface area contributed by atoms with Crippen LogP contribution in [0.5, 0.6) is 0 Å². The highest BCUT2D eigenvalue weighted by molar-refractivity contribution is 8.29. The first kappa shape index (κ1) is 21.5. The molecule has 6 nitrogen and oxygen atoms in total. The Bertz CT molecular complexity index is 922. The fourth-order valence-electron chi connectivity index (χ4n) is 2.64. The number of esters is 2. The first-order chi connectivity index (χ1) is 13.4. The van der Waals surface area contributed by atoms with Gasteiger partial charge in [0.2, 0.25) is 0 Å². The summed E-state index contributed by atoms with van der Waals surface area (Å²) in [5.41, 5.74) is 0.436. The molecule has 0 radical (unpaired) electrons. The molecule has 29 heavy (non-hydrogen) atoms. The Morgan fingerprint density at radius 1 is 0.862 bits per heavy atom. The third kappa shape index (κ3) is 4.87. The number of rotatable bonds is 2. The molecule has 2 aliphatic heterocycles. The summed E-state index contributed by atoms with van der Waals surface area (Å²) in [4.78, 5) is 38.4. The van der Waals surface area contributed by atoms with E-state index in [9.17, 15) is 14.4 Å². The Labute approximate surface area is 178 Å². The number of carbonyl (C=O) groups excluding carboxylic acids is 3. The van der Waals surface area contributed by atoms with E-state index in [1.54, 1.807) is 41.5 Å². The summed E-state index contributed by atoms with van der Waals surface area (Å²) >= 11 is 2.15. The molecule has 0 fully saturated rings. The lowest BCUT2D eigenvalue weighted by molar-refractivity contribution is -0.152. The van der Waals surface area contributed by atoms with Crippen molar-refractivity contribution in [3.05, 3.63) is 43.9 Å². The minimum atomic E-state index is -0.721. The molecule has 1 aromatic rings. The molecular formula is C21H23NO5S2. The zero-order chi connectivity index (χ0) is 21.6. The van der Waals surface area contributed by atoms with Gasteiger partial charge in [-0.15, -0.1) is 0 Å². The molecule has 0 unspecified atom stereocenters. The molecule has 154 valence electrons. The van der Waals surface area contributed by atoms with Gasteiger partial charge in [0, 0.05) is 11.3 Å². The van der Waals surface area contributed by atoms with Gasteiger partial charge in [0.1, 0.15) is 21.0 Å². The number of benzene rings is 1. The Morgan fingerprint density at radius 2 is 1.34 bits per heavy atom. The molecule has 0 aliphatic carbocycles. The molecule has 8 heteroatoms. The summed E-state index contributed by atoms with van der Waals surface area (Å²) in [7, 11) is 0. The molecule has 0 saturated carbocycles. The van der Waals surface area contributed by atoms with E-state index in [0.29, 0.717) is 15.5 Å². The molecule has 1 aromatic carbocycles. The van der Waals surface area contributed by atoms with E-state index >= 15 is 0 Å².